The van der Waals surface area contributed by atoms with E-state index in [1.165, 1.54) is 27.4 Å². The van der Waals surface area contributed by atoms with Crippen LogP contribution in [0.3, 0.4) is 0 Å². The Bertz CT molecular complexity index is 1130. The Labute approximate surface area is 199 Å². The number of thioether (sulfide) groups is 1. The van der Waals surface area contributed by atoms with Crippen LogP contribution in [0.5, 0.6) is 17.2 Å². The molecule has 34 heavy (non-hydrogen) atoms. The zero-order valence-corrected chi connectivity index (χ0v) is 19.5. The summed E-state index contributed by atoms with van der Waals surface area (Å²) in [6, 6.07) is 11.6. The molecule has 0 unspecified atom stereocenters. The average Bonchev–Trinajstić information content (AvgIpc) is 3.10. The van der Waals surface area contributed by atoms with E-state index in [0.29, 0.717) is 34.5 Å². The number of nitrogens with zero attached hydrogens (tertiary/aromatic N) is 1. The molecule has 1 heterocycles. The molecule has 0 saturated carbocycles. The molecule has 10 nitrogen and oxygen atoms in total. The second-order valence-electron chi connectivity index (χ2n) is 6.79. The van der Waals surface area contributed by atoms with Gasteiger partial charge in [0.2, 0.25) is 5.91 Å². The van der Waals surface area contributed by atoms with Crippen molar-refractivity contribution in [1.82, 2.24) is 4.90 Å². The number of carbonyl (C=O) groups is 4. The van der Waals surface area contributed by atoms with Gasteiger partial charge in [-0.15, -0.1) is 0 Å². The van der Waals surface area contributed by atoms with E-state index < -0.39 is 29.6 Å². The van der Waals surface area contributed by atoms with Crippen molar-refractivity contribution in [2.24, 2.45) is 0 Å². The Morgan fingerprint density at radius 1 is 1.03 bits per heavy atom. The van der Waals surface area contributed by atoms with Crippen molar-refractivity contribution in [3.05, 3.63) is 52.9 Å². The topological polar surface area (TPSA) is 120 Å². The Kier molecular flexibility index (Phi) is 8.14. The molecule has 178 valence electrons. The van der Waals surface area contributed by atoms with Crippen molar-refractivity contribution >= 4 is 46.5 Å². The van der Waals surface area contributed by atoms with E-state index in [0.717, 1.165) is 4.90 Å². The standard InChI is InChI=1S/C23H22N2O8S/c1-30-16-9-7-15(8-10-16)24-19(26)12-25-22(28)18(34-23(25)29)11-14-5-4-6-17(31-2)21(14)33-13-20(27)32-3/h4-11H,12-13H2,1-3H3,(H,24,26)/b18-11+. The van der Waals surface area contributed by atoms with Gasteiger partial charge in [-0.25, -0.2) is 4.79 Å². The third-order valence-corrected chi connectivity index (χ3v) is 5.53. The molecule has 1 aliphatic heterocycles. The minimum Gasteiger partial charge on any atom is -0.497 e. The summed E-state index contributed by atoms with van der Waals surface area (Å²) in [4.78, 5) is 50.1. The highest BCUT2D eigenvalue weighted by molar-refractivity contribution is 8.18. The van der Waals surface area contributed by atoms with E-state index in [1.54, 1.807) is 42.5 Å². The molecule has 0 radical (unpaired) electrons. The third kappa shape index (κ3) is 5.87. The summed E-state index contributed by atoms with van der Waals surface area (Å²) in [6.07, 6.45) is 1.45. The van der Waals surface area contributed by atoms with Crippen LogP contribution in [0.4, 0.5) is 10.5 Å². The molecule has 0 aliphatic carbocycles. The first-order valence-electron chi connectivity index (χ1n) is 9.92. The maximum atomic E-state index is 12.8. The van der Waals surface area contributed by atoms with E-state index in [2.05, 4.69) is 10.1 Å². The fourth-order valence-electron chi connectivity index (χ4n) is 2.95. The van der Waals surface area contributed by atoms with Crippen molar-refractivity contribution in [1.29, 1.82) is 0 Å². The summed E-state index contributed by atoms with van der Waals surface area (Å²) in [6.45, 7) is -0.817. The number of hydrogen-bond acceptors (Lipinski definition) is 9. The van der Waals surface area contributed by atoms with Crippen molar-refractivity contribution in [2.45, 2.75) is 0 Å². The number of esters is 1. The quantitative estimate of drug-likeness (QED) is 0.421. The number of para-hydroxylation sites is 1. The number of hydrogen-bond donors (Lipinski definition) is 1. The number of anilines is 1. The van der Waals surface area contributed by atoms with E-state index in [4.69, 9.17) is 14.2 Å². The van der Waals surface area contributed by atoms with Crippen LogP contribution in [0, 0.1) is 0 Å². The minimum absolute atomic E-state index is 0.0958. The van der Waals surface area contributed by atoms with Crippen LogP contribution >= 0.6 is 11.8 Å². The highest BCUT2D eigenvalue weighted by atomic mass is 32.2. The molecule has 3 amide bonds. The summed E-state index contributed by atoms with van der Waals surface area (Å²) in [5.41, 5.74) is 0.911. The lowest BCUT2D eigenvalue weighted by atomic mass is 10.1. The largest absolute Gasteiger partial charge is 0.497 e. The molecule has 2 aromatic rings. The van der Waals surface area contributed by atoms with Crippen molar-refractivity contribution in [2.75, 3.05) is 39.8 Å². The van der Waals surface area contributed by atoms with Gasteiger partial charge >= 0.3 is 5.97 Å². The summed E-state index contributed by atoms with van der Waals surface area (Å²) in [5, 5.41) is 2.05. The van der Waals surface area contributed by atoms with Crippen LogP contribution in [0.1, 0.15) is 5.56 Å². The Balaban J connectivity index is 1.75. The maximum absolute atomic E-state index is 12.8. The van der Waals surface area contributed by atoms with Gasteiger partial charge in [-0.3, -0.25) is 19.3 Å². The second kappa shape index (κ2) is 11.2. The van der Waals surface area contributed by atoms with Gasteiger partial charge in [0.25, 0.3) is 11.1 Å². The minimum atomic E-state index is -0.624. The summed E-state index contributed by atoms with van der Waals surface area (Å²) < 4.78 is 20.4. The number of ether oxygens (including phenoxy) is 4. The van der Waals surface area contributed by atoms with Gasteiger partial charge < -0.3 is 24.3 Å². The highest BCUT2D eigenvalue weighted by Crippen LogP contribution is 2.37. The number of amides is 3. The van der Waals surface area contributed by atoms with Gasteiger partial charge in [0.15, 0.2) is 18.1 Å². The van der Waals surface area contributed by atoms with Crippen LogP contribution < -0.4 is 19.5 Å². The molecule has 11 heteroatoms. The predicted octanol–water partition coefficient (Wildman–Crippen LogP) is 2.93. The van der Waals surface area contributed by atoms with Crippen LogP contribution in [-0.4, -0.2) is 62.4 Å². The molecule has 1 N–H and O–H groups in total. The number of imide groups is 1. The molecular weight excluding hydrogens is 464 g/mol. The lowest BCUT2D eigenvalue weighted by molar-refractivity contribution is -0.143. The molecule has 0 atom stereocenters. The first kappa shape index (κ1) is 24.6. The Morgan fingerprint density at radius 3 is 2.41 bits per heavy atom. The number of rotatable bonds is 9. The number of methoxy groups -OCH3 is 3. The van der Waals surface area contributed by atoms with Gasteiger partial charge in [-0.2, -0.15) is 0 Å². The zero-order valence-electron chi connectivity index (χ0n) is 18.7. The van der Waals surface area contributed by atoms with Gasteiger partial charge in [-0.1, -0.05) is 12.1 Å². The summed E-state index contributed by atoms with van der Waals surface area (Å²) in [5.74, 6) is -0.587. The van der Waals surface area contributed by atoms with E-state index in [-0.39, 0.29) is 17.3 Å². The third-order valence-electron chi connectivity index (χ3n) is 4.63. The summed E-state index contributed by atoms with van der Waals surface area (Å²) >= 11 is 0.695. The molecule has 1 aliphatic rings. The molecule has 1 saturated heterocycles. The number of carbonyl (C=O) groups excluding carboxylic acids is 4. The fraction of sp³-hybridized carbons (Fsp3) is 0.217. The van der Waals surface area contributed by atoms with Gasteiger partial charge in [0.05, 0.1) is 26.2 Å². The molecule has 1 fully saturated rings. The van der Waals surface area contributed by atoms with E-state index in [1.807, 2.05) is 0 Å². The summed E-state index contributed by atoms with van der Waals surface area (Å²) in [7, 11) is 4.19. The maximum Gasteiger partial charge on any atom is 0.343 e. The molecule has 0 spiro atoms. The zero-order chi connectivity index (χ0) is 24.7. The van der Waals surface area contributed by atoms with Crippen LogP contribution in [0.15, 0.2) is 47.4 Å². The molecular formula is C23H22N2O8S. The highest BCUT2D eigenvalue weighted by Gasteiger charge is 2.36. The van der Waals surface area contributed by atoms with Crippen LogP contribution in [0.25, 0.3) is 6.08 Å². The van der Waals surface area contributed by atoms with E-state index >= 15 is 0 Å². The van der Waals surface area contributed by atoms with Crippen molar-refractivity contribution in [3.8, 4) is 17.2 Å². The molecule has 0 aromatic heterocycles. The van der Waals surface area contributed by atoms with Gasteiger partial charge in [0.1, 0.15) is 12.3 Å². The van der Waals surface area contributed by atoms with Crippen LogP contribution in [-0.2, 0) is 19.1 Å². The predicted molar refractivity (Wildman–Crippen MR) is 125 cm³/mol. The molecule has 0 bridgehead atoms. The van der Waals surface area contributed by atoms with E-state index in [9.17, 15) is 19.2 Å². The first-order valence-corrected chi connectivity index (χ1v) is 10.7. The van der Waals surface area contributed by atoms with Crippen molar-refractivity contribution < 1.29 is 38.1 Å². The van der Waals surface area contributed by atoms with Gasteiger partial charge in [-0.05, 0) is 48.2 Å². The monoisotopic (exact) mass is 486 g/mol. The second-order valence-corrected chi connectivity index (χ2v) is 7.78. The first-order chi connectivity index (χ1) is 16.4. The average molecular weight is 487 g/mol. The molecule has 3 rings (SSSR count). The SMILES string of the molecule is COC(=O)COc1c(/C=C2/SC(=O)N(CC(=O)Nc3ccc(OC)cc3)C2=O)cccc1OC. The molecule has 2 aromatic carbocycles. The van der Waals surface area contributed by atoms with Crippen molar-refractivity contribution in [3.63, 3.8) is 0 Å². The number of benzene rings is 2. The normalized spacial score (nSPS) is 14.2. The van der Waals surface area contributed by atoms with Gasteiger partial charge in [0, 0.05) is 11.3 Å². The smallest absolute Gasteiger partial charge is 0.343 e. The Morgan fingerprint density at radius 2 is 1.76 bits per heavy atom. The fourth-order valence-corrected chi connectivity index (χ4v) is 3.78. The lowest BCUT2D eigenvalue weighted by Gasteiger charge is -2.13. The number of nitrogens with one attached hydrogen (secondary N) is 1. The Hall–Kier alpha value is -3.99. The lowest BCUT2D eigenvalue weighted by Crippen LogP contribution is -2.36. The van der Waals surface area contributed by atoms with Crippen LogP contribution in [0.2, 0.25) is 0 Å².